The van der Waals surface area contributed by atoms with Crippen molar-refractivity contribution < 1.29 is 23.5 Å². The number of methoxy groups -OCH3 is 1. The van der Waals surface area contributed by atoms with Crippen molar-refractivity contribution in [2.24, 2.45) is 4.99 Å². The SMILES string of the molecule is CCOC(=O)C1=C(C)N=c2s/c(=C\c3ccc(-c4ccc(Cl)c(C(=O)OC)c4)o3)c(=O)n2[C@@H]1c1ccc(N(C)C)cc1. The molecular formula is C31H28ClN3O6S. The highest BCUT2D eigenvalue weighted by molar-refractivity contribution is 7.07. The number of aromatic nitrogens is 1. The van der Waals surface area contributed by atoms with Gasteiger partial charge in [-0.3, -0.25) is 9.36 Å². The van der Waals surface area contributed by atoms with Crippen LogP contribution in [0.25, 0.3) is 17.4 Å². The lowest BCUT2D eigenvalue weighted by atomic mass is 9.95. The molecule has 1 aliphatic rings. The zero-order valence-electron chi connectivity index (χ0n) is 23.6. The highest BCUT2D eigenvalue weighted by Crippen LogP contribution is 2.32. The maximum atomic E-state index is 13.9. The van der Waals surface area contributed by atoms with Crippen LogP contribution in [0.1, 0.15) is 41.6 Å². The van der Waals surface area contributed by atoms with Crippen LogP contribution in [0, 0.1) is 0 Å². The average molecular weight is 606 g/mol. The van der Waals surface area contributed by atoms with E-state index in [9.17, 15) is 14.4 Å². The Morgan fingerprint density at radius 3 is 2.52 bits per heavy atom. The highest BCUT2D eigenvalue weighted by atomic mass is 35.5. The summed E-state index contributed by atoms with van der Waals surface area (Å²) in [5, 5.41) is 0.266. The molecule has 9 nitrogen and oxygen atoms in total. The normalized spacial score (nSPS) is 14.8. The van der Waals surface area contributed by atoms with Crippen LogP contribution in [0.4, 0.5) is 5.69 Å². The number of furan rings is 1. The molecule has 2 aromatic heterocycles. The Balaban J connectivity index is 1.60. The van der Waals surface area contributed by atoms with Crippen LogP contribution in [0.2, 0.25) is 5.02 Å². The summed E-state index contributed by atoms with van der Waals surface area (Å²) in [6.45, 7) is 3.68. The molecule has 5 rings (SSSR count). The number of allylic oxidation sites excluding steroid dienone is 1. The summed E-state index contributed by atoms with van der Waals surface area (Å²) in [5.41, 5.74) is 3.08. The summed E-state index contributed by atoms with van der Waals surface area (Å²) in [4.78, 5) is 46.1. The van der Waals surface area contributed by atoms with Gasteiger partial charge in [-0.2, -0.15) is 0 Å². The number of thiazole rings is 1. The van der Waals surface area contributed by atoms with Gasteiger partial charge in [0.1, 0.15) is 11.5 Å². The standard InChI is InChI=1S/C31H28ClN3O6S/c1-6-40-30(38)26-17(2)33-31-35(27(26)18-7-10-20(11-8-18)34(3)4)28(36)25(42-31)16-21-12-14-24(41-21)19-9-13-23(32)22(15-19)29(37)39-5/h7-16,27H,6H2,1-5H3/b25-16-/t27-/m1/s1. The predicted octanol–water partition coefficient (Wildman–Crippen LogP) is 4.56. The Hall–Kier alpha value is -4.41. The van der Waals surface area contributed by atoms with Gasteiger partial charge in [-0.25, -0.2) is 14.6 Å². The van der Waals surface area contributed by atoms with Gasteiger partial charge in [0.15, 0.2) is 4.80 Å². The van der Waals surface area contributed by atoms with Gasteiger partial charge in [-0.15, -0.1) is 0 Å². The summed E-state index contributed by atoms with van der Waals surface area (Å²) < 4.78 is 18.1. The smallest absolute Gasteiger partial charge is 0.339 e. The second kappa shape index (κ2) is 11.8. The van der Waals surface area contributed by atoms with Crippen LogP contribution >= 0.6 is 22.9 Å². The molecule has 216 valence electrons. The van der Waals surface area contributed by atoms with Crippen molar-refractivity contribution in [3.05, 3.63) is 107 Å². The van der Waals surface area contributed by atoms with Crippen LogP contribution in [0.5, 0.6) is 0 Å². The van der Waals surface area contributed by atoms with Crippen LogP contribution in [-0.4, -0.2) is 44.3 Å². The number of rotatable bonds is 7. The van der Waals surface area contributed by atoms with E-state index >= 15 is 0 Å². The Bertz CT molecular complexity index is 1900. The first-order valence-corrected chi connectivity index (χ1v) is 14.3. The molecule has 0 aliphatic carbocycles. The fourth-order valence-corrected chi connectivity index (χ4v) is 5.94. The minimum absolute atomic E-state index is 0.196. The van der Waals surface area contributed by atoms with Gasteiger partial charge in [-0.1, -0.05) is 35.1 Å². The topological polar surface area (TPSA) is 103 Å². The van der Waals surface area contributed by atoms with Gasteiger partial charge in [0.25, 0.3) is 5.56 Å². The third-order valence-electron chi connectivity index (χ3n) is 6.80. The zero-order valence-corrected chi connectivity index (χ0v) is 25.2. The van der Waals surface area contributed by atoms with Gasteiger partial charge < -0.3 is 18.8 Å². The van der Waals surface area contributed by atoms with E-state index in [4.69, 9.17) is 25.5 Å². The van der Waals surface area contributed by atoms with Gasteiger partial charge in [-0.05, 0) is 61.9 Å². The molecule has 0 unspecified atom stereocenters. The molecule has 0 saturated heterocycles. The van der Waals surface area contributed by atoms with Crippen LogP contribution in [-0.2, 0) is 14.3 Å². The first kappa shape index (κ1) is 29.1. The van der Waals surface area contributed by atoms with Crippen molar-refractivity contribution in [2.45, 2.75) is 19.9 Å². The van der Waals surface area contributed by atoms with E-state index in [0.717, 1.165) is 11.3 Å². The van der Waals surface area contributed by atoms with E-state index in [1.165, 1.54) is 23.0 Å². The Morgan fingerprint density at radius 2 is 1.86 bits per heavy atom. The molecule has 2 aromatic carbocycles. The maximum absolute atomic E-state index is 13.9. The second-order valence-electron chi connectivity index (χ2n) is 9.68. The predicted molar refractivity (Wildman–Crippen MR) is 162 cm³/mol. The minimum Gasteiger partial charge on any atom is -0.465 e. The molecule has 1 atom stereocenters. The van der Waals surface area contributed by atoms with Crippen molar-refractivity contribution in [2.75, 3.05) is 32.7 Å². The van der Waals surface area contributed by atoms with Gasteiger partial charge in [0.2, 0.25) is 0 Å². The quantitative estimate of drug-likeness (QED) is 0.284. The van der Waals surface area contributed by atoms with Crippen LogP contribution in [0.3, 0.4) is 0 Å². The van der Waals surface area contributed by atoms with Crippen molar-refractivity contribution in [3.8, 4) is 11.3 Å². The fraction of sp³-hybridized carbons (Fsp3) is 0.226. The Kier molecular flexibility index (Phi) is 8.20. The Labute approximate surface area is 250 Å². The monoisotopic (exact) mass is 605 g/mol. The molecule has 4 aromatic rings. The molecule has 0 bridgehead atoms. The number of hydrogen-bond acceptors (Lipinski definition) is 9. The molecule has 0 radical (unpaired) electrons. The van der Waals surface area contributed by atoms with E-state index in [1.54, 1.807) is 50.3 Å². The molecule has 0 spiro atoms. The second-order valence-corrected chi connectivity index (χ2v) is 11.1. The molecule has 0 fully saturated rings. The number of fused-ring (bicyclic) bond motifs is 1. The third-order valence-corrected chi connectivity index (χ3v) is 8.11. The van der Waals surface area contributed by atoms with E-state index in [0.29, 0.717) is 37.7 Å². The van der Waals surface area contributed by atoms with Crippen molar-refractivity contribution in [3.63, 3.8) is 0 Å². The first-order valence-electron chi connectivity index (χ1n) is 13.1. The highest BCUT2D eigenvalue weighted by Gasteiger charge is 2.33. The number of esters is 2. The van der Waals surface area contributed by atoms with E-state index in [-0.39, 0.29) is 22.8 Å². The zero-order chi connectivity index (χ0) is 30.1. The maximum Gasteiger partial charge on any atom is 0.339 e. The van der Waals surface area contributed by atoms with Gasteiger partial charge >= 0.3 is 11.9 Å². The third kappa shape index (κ3) is 5.43. The number of halogens is 1. The molecule has 0 amide bonds. The fourth-order valence-electron chi connectivity index (χ4n) is 4.72. The molecule has 42 heavy (non-hydrogen) atoms. The molecular weight excluding hydrogens is 578 g/mol. The van der Waals surface area contributed by atoms with Crippen molar-refractivity contribution in [1.29, 1.82) is 0 Å². The Morgan fingerprint density at radius 1 is 1.12 bits per heavy atom. The summed E-state index contributed by atoms with van der Waals surface area (Å²) >= 11 is 7.36. The molecule has 0 N–H and O–H groups in total. The molecule has 3 heterocycles. The van der Waals surface area contributed by atoms with E-state index in [1.807, 2.05) is 43.3 Å². The number of anilines is 1. The van der Waals surface area contributed by atoms with Crippen LogP contribution in [0.15, 0.2) is 80.1 Å². The van der Waals surface area contributed by atoms with Crippen molar-refractivity contribution in [1.82, 2.24) is 4.57 Å². The minimum atomic E-state index is -0.711. The largest absolute Gasteiger partial charge is 0.465 e. The lowest BCUT2D eigenvalue weighted by Crippen LogP contribution is -2.39. The first-order chi connectivity index (χ1) is 20.1. The van der Waals surface area contributed by atoms with Gasteiger partial charge in [0, 0.05) is 31.4 Å². The lowest BCUT2D eigenvalue weighted by molar-refractivity contribution is -0.139. The summed E-state index contributed by atoms with van der Waals surface area (Å²) in [6, 6.07) is 15.4. The summed E-state index contributed by atoms with van der Waals surface area (Å²) in [6.07, 6.45) is 1.64. The van der Waals surface area contributed by atoms with E-state index < -0.39 is 18.0 Å². The average Bonchev–Trinajstić information content (AvgIpc) is 3.56. The van der Waals surface area contributed by atoms with E-state index in [2.05, 4.69) is 4.99 Å². The van der Waals surface area contributed by atoms with Crippen molar-refractivity contribution >= 4 is 46.6 Å². The molecule has 11 heteroatoms. The van der Waals surface area contributed by atoms with Gasteiger partial charge in [0.05, 0.1) is 46.1 Å². The number of benzene rings is 2. The van der Waals surface area contributed by atoms with Crippen LogP contribution < -0.4 is 19.8 Å². The number of carbonyl (C=O) groups is 2. The number of carbonyl (C=O) groups excluding carboxylic acids is 2. The summed E-state index contributed by atoms with van der Waals surface area (Å²) in [7, 11) is 5.17. The number of hydrogen-bond donors (Lipinski definition) is 0. The lowest BCUT2D eigenvalue weighted by Gasteiger charge is -2.25. The number of ether oxygens (including phenoxy) is 2. The number of nitrogens with zero attached hydrogens (tertiary/aromatic N) is 3. The summed E-state index contributed by atoms with van der Waals surface area (Å²) in [5.74, 6) is -0.161. The molecule has 0 saturated carbocycles. The molecule has 1 aliphatic heterocycles.